The van der Waals surface area contributed by atoms with Crippen LogP contribution in [-0.4, -0.2) is 36.5 Å². The molecule has 0 spiro atoms. The highest BCUT2D eigenvalue weighted by atomic mass is 35.5. The second-order valence-corrected chi connectivity index (χ2v) is 4.14. The van der Waals surface area contributed by atoms with E-state index < -0.39 is 47.9 Å². The molecule has 0 N–H and O–H groups in total. The van der Waals surface area contributed by atoms with Gasteiger partial charge in [0, 0.05) is 13.0 Å². The Labute approximate surface area is 119 Å². The van der Waals surface area contributed by atoms with Crippen LogP contribution in [0, 0.1) is 0 Å². The van der Waals surface area contributed by atoms with Crippen molar-refractivity contribution in [3.05, 3.63) is 12.1 Å². The lowest BCUT2D eigenvalue weighted by Gasteiger charge is -2.39. The second-order valence-electron chi connectivity index (χ2n) is 3.50. The summed E-state index contributed by atoms with van der Waals surface area (Å²) in [5.74, 6) is -6.94. The molecule has 0 aliphatic rings. The van der Waals surface area contributed by atoms with Crippen LogP contribution in [0.25, 0.3) is 0 Å². The molecule has 0 aromatic rings. The number of halogens is 9. The molecule has 0 aromatic heterocycles. The van der Waals surface area contributed by atoms with E-state index in [1.54, 1.807) is 0 Å². The normalized spacial score (nSPS) is 15.7. The van der Waals surface area contributed by atoms with Crippen molar-refractivity contribution in [1.29, 1.82) is 0 Å². The molecular formula is C9H9Cl2F7O2. The molecule has 120 valence electrons. The van der Waals surface area contributed by atoms with Gasteiger partial charge in [-0.25, -0.2) is 0 Å². The highest BCUT2D eigenvalue weighted by molar-refractivity contribution is 6.19. The smallest absolute Gasteiger partial charge is 0.398 e. The van der Waals surface area contributed by atoms with E-state index in [9.17, 15) is 30.7 Å². The average molecular weight is 353 g/mol. The van der Waals surface area contributed by atoms with Crippen LogP contribution in [0.2, 0.25) is 0 Å². The molecule has 0 radical (unpaired) electrons. The van der Waals surface area contributed by atoms with E-state index >= 15 is 0 Å². The fraction of sp³-hybridized carbons (Fsp3) is 0.778. The van der Waals surface area contributed by atoms with Gasteiger partial charge in [0.1, 0.15) is 0 Å². The van der Waals surface area contributed by atoms with E-state index in [0.29, 0.717) is 7.11 Å². The maximum Gasteiger partial charge on any atom is 0.469 e. The van der Waals surface area contributed by atoms with Crippen LogP contribution in [0.3, 0.4) is 0 Å². The standard InChI is InChI=1S/C9H9Cl2F7O2/c1-19-7(4-11,2-3-10)8(15,16)9(17,18)20-6(14)5(12)13/h2-4H2,1H3. The molecule has 0 bridgehead atoms. The minimum Gasteiger partial charge on any atom is -0.398 e. The summed E-state index contributed by atoms with van der Waals surface area (Å²) in [7, 11) is 0.640. The summed E-state index contributed by atoms with van der Waals surface area (Å²) in [6.45, 7) is 0. The van der Waals surface area contributed by atoms with Gasteiger partial charge in [-0.15, -0.1) is 23.2 Å². The number of hydrogen-bond acceptors (Lipinski definition) is 2. The number of methoxy groups -OCH3 is 1. The van der Waals surface area contributed by atoms with E-state index in [2.05, 4.69) is 9.47 Å². The van der Waals surface area contributed by atoms with Crippen molar-refractivity contribution < 1.29 is 40.2 Å². The molecule has 0 aromatic carbocycles. The Kier molecular flexibility index (Phi) is 6.89. The first-order valence-corrected chi connectivity index (χ1v) is 5.90. The van der Waals surface area contributed by atoms with Crippen molar-refractivity contribution in [2.75, 3.05) is 18.9 Å². The van der Waals surface area contributed by atoms with Gasteiger partial charge in [-0.1, -0.05) is 0 Å². The third-order valence-electron chi connectivity index (χ3n) is 2.41. The molecule has 0 aliphatic heterocycles. The highest BCUT2D eigenvalue weighted by Gasteiger charge is 2.71. The lowest BCUT2D eigenvalue weighted by molar-refractivity contribution is -0.383. The Morgan fingerprint density at radius 3 is 1.85 bits per heavy atom. The van der Waals surface area contributed by atoms with E-state index in [0.717, 1.165) is 0 Å². The fourth-order valence-corrected chi connectivity index (χ4v) is 1.94. The van der Waals surface area contributed by atoms with Crippen molar-refractivity contribution in [3.8, 4) is 0 Å². The van der Waals surface area contributed by atoms with E-state index in [1.165, 1.54) is 0 Å². The Morgan fingerprint density at radius 2 is 1.55 bits per heavy atom. The van der Waals surface area contributed by atoms with Gasteiger partial charge >= 0.3 is 24.1 Å². The van der Waals surface area contributed by atoms with Gasteiger partial charge in [-0.05, 0) is 6.42 Å². The summed E-state index contributed by atoms with van der Waals surface area (Å²) in [5, 5.41) is 0. The summed E-state index contributed by atoms with van der Waals surface area (Å²) < 4.78 is 96.7. The lowest BCUT2D eigenvalue weighted by Crippen LogP contribution is -2.62. The highest BCUT2D eigenvalue weighted by Crippen LogP contribution is 2.48. The third-order valence-corrected chi connectivity index (χ3v) is 3.03. The van der Waals surface area contributed by atoms with Gasteiger partial charge in [0.05, 0.1) is 5.88 Å². The zero-order valence-electron chi connectivity index (χ0n) is 9.84. The topological polar surface area (TPSA) is 18.5 Å². The van der Waals surface area contributed by atoms with Gasteiger partial charge in [-0.3, -0.25) is 0 Å². The minimum atomic E-state index is -5.63. The zero-order valence-corrected chi connectivity index (χ0v) is 11.4. The molecule has 20 heavy (non-hydrogen) atoms. The summed E-state index contributed by atoms with van der Waals surface area (Å²) >= 11 is 10.4. The predicted octanol–water partition coefficient (Wildman–Crippen LogP) is 4.52. The van der Waals surface area contributed by atoms with Gasteiger partial charge in [0.25, 0.3) is 0 Å². The quantitative estimate of drug-likeness (QED) is 0.363. The van der Waals surface area contributed by atoms with Crippen LogP contribution in [0.5, 0.6) is 0 Å². The van der Waals surface area contributed by atoms with E-state index in [4.69, 9.17) is 23.2 Å². The Bertz CT molecular complexity index is 354. The van der Waals surface area contributed by atoms with Crippen LogP contribution in [0.4, 0.5) is 30.7 Å². The van der Waals surface area contributed by atoms with Gasteiger partial charge in [0.2, 0.25) is 0 Å². The van der Waals surface area contributed by atoms with Gasteiger partial charge in [0.15, 0.2) is 5.60 Å². The fourth-order valence-electron chi connectivity index (χ4n) is 1.23. The number of ether oxygens (including phenoxy) is 2. The molecule has 0 heterocycles. The lowest BCUT2D eigenvalue weighted by atomic mass is 9.93. The summed E-state index contributed by atoms with van der Waals surface area (Å²) in [5.41, 5.74) is -3.02. The number of hydrogen-bond donors (Lipinski definition) is 0. The number of alkyl halides is 6. The molecule has 0 saturated carbocycles. The summed E-state index contributed by atoms with van der Waals surface area (Å²) in [6.07, 6.45) is -9.80. The van der Waals surface area contributed by atoms with Crippen LogP contribution >= 0.6 is 23.2 Å². The minimum absolute atomic E-state index is 0.554. The van der Waals surface area contributed by atoms with Crippen LogP contribution in [-0.2, 0) is 9.47 Å². The molecule has 2 nitrogen and oxygen atoms in total. The third kappa shape index (κ3) is 3.62. The Morgan fingerprint density at radius 1 is 1.05 bits per heavy atom. The Hall–Kier alpha value is -0.410. The van der Waals surface area contributed by atoms with Crippen molar-refractivity contribution in [1.82, 2.24) is 0 Å². The SMILES string of the molecule is COC(CCl)(CCCl)C(F)(F)C(F)(F)OC(F)=C(F)F. The first-order valence-electron chi connectivity index (χ1n) is 4.84. The second kappa shape index (κ2) is 7.04. The molecular weight excluding hydrogens is 344 g/mol. The van der Waals surface area contributed by atoms with Crippen molar-refractivity contribution >= 4 is 23.2 Å². The summed E-state index contributed by atoms with van der Waals surface area (Å²) in [4.78, 5) is 0. The monoisotopic (exact) mass is 352 g/mol. The molecule has 0 amide bonds. The molecule has 0 fully saturated rings. The predicted molar refractivity (Wildman–Crippen MR) is 57.1 cm³/mol. The van der Waals surface area contributed by atoms with Crippen molar-refractivity contribution in [3.63, 3.8) is 0 Å². The molecule has 0 rings (SSSR count). The molecule has 1 atom stereocenters. The molecule has 11 heteroatoms. The van der Waals surface area contributed by atoms with Crippen LogP contribution in [0.15, 0.2) is 12.1 Å². The number of rotatable bonds is 8. The first-order chi connectivity index (χ1) is 9.01. The van der Waals surface area contributed by atoms with Crippen LogP contribution < -0.4 is 0 Å². The first kappa shape index (κ1) is 19.6. The zero-order chi connectivity index (χ0) is 16.2. The van der Waals surface area contributed by atoms with E-state index in [-0.39, 0.29) is 0 Å². The van der Waals surface area contributed by atoms with E-state index in [1.807, 2.05) is 0 Å². The van der Waals surface area contributed by atoms with Crippen molar-refractivity contribution in [2.45, 2.75) is 24.1 Å². The average Bonchev–Trinajstić information content (AvgIpc) is 2.34. The molecule has 1 unspecified atom stereocenters. The largest absolute Gasteiger partial charge is 0.469 e. The maximum absolute atomic E-state index is 13.8. The summed E-state index contributed by atoms with van der Waals surface area (Å²) in [6, 6.07) is -3.12. The molecule has 0 saturated heterocycles. The van der Waals surface area contributed by atoms with Gasteiger partial charge < -0.3 is 9.47 Å². The van der Waals surface area contributed by atoms with Crippen LogP contribution in [0.1, 0.15) is 6.42 Å². The van der Waals surface area contributed by atoms with Gasteiger partial charge in [-0.2, -0.15) is 30.7 Å². The maximum atomic E-state index is 13.8. The van der Waals surface area contributed by atoms with Crippen molar-refractivity contribution in [2.24, 2.45) is 0 Å². The molecule has 0 aliphatic carbocycles. The Balaban J connectivity index is 5.60.